The van der Waals surface area contributed by atoms with Crippen LogP contribution in [0, 0.1) is 0 Å². The molecule has 7 heteroatoms. The molecule has 0 saturated heterocycles. The molecule has 144 valence electrons. The third-order valence-electron chi connectivity index (χ3n) is 3.88. The Morgan fingerprint density at radius 2 is 1.73 bits per heavy atom. The lowest BCUT2D eigenvalue weighted by molar-refractivity contribution is -0.862. The molecule has 1 aromatic carbocycles. The highest BCUT2D eigenvalue weighted by Crippen LogP contribution is 2.32. The molecule has 2 atom stereocenters. The van der Waals surface area contributed by atoms with Crippen LogP contribution in [0.1, 0.15) is 39.3 Å². The summed E-state index contributed by atoms with van der Waals surface area (Å²) in [5, 5.41) is 5.87. The van der Waals surface area contributed by atoms with E-state index >= 15 is 0 Å². The molecular weight excluding hydrogens is 334 g/mol. The Kier molecular flexibility index (Phi) is 6.47. The predicted molar refractivity (Wildman–Crippen MR) is 98.5 cm³/mol. The zero-order chi connectivity index (χ0) is 19.3. The average molecular weight is 364 g/mol. The van der Waals surface area contributed by atoms with Gasteiger partial charge >= 0.3 is 0 Å². The molecule has 3 N–H and O–H groups in total. The number of amides is 2. The number of hydrogen-bond acceptors (Lipinski definition) is 4. The van der Waals surface area contributed by atoms with Crippen molar-refractivity contribution < 1.29 is 24.0 Å². The van der Waals surface area contributed by atoms with Crippen LogP contribution in [0.25, 0.3) is 0 Å². The fraction of sp³-hybridized carbons (Fsp3) is 0.579. The number of carbonyl (C=O) groups is 2. The van der Waals surface area contributed by atoms with Crippen LogP contribution in [0.5, 0.6) is 11.5 Å². The number of benzene rings is 1. The van der Waals surface area contributed by atoms with Crippen LogP contribution >= 0.6 is 0 Å². The summed E-state index contributed by atoms with van der Waals surface area (Å²) in [5.41, 5.74) is 0.678. The largest absolute Gasteiger partial charge is 0.486 e. The Labute approximate surface area is 155 Å². The van der Waals surface area contributed by atoms with Gasteiger partial charge in [0.25, 0.3) is 11.8 Å². The van der Waals surface area contributed by atoms with Crippen LogP contribution in [0.2, 0.25) is 0 Å². The summed E-state index contributed by atoms with van der Waals surface area (Å²) in [6.45, 7) is 9.28. The van der Waals surface area contributed by atoms with Gasteiger partial charge in [-0.15, -0.1) is 0 Å². The van der Waals surface area contributed by atoms with Crippen molar-refractivity contribution in [1.82, 2.24) is 10.6 Å². The Morgan fingerprint density at radius 3 is 2.38 bits per heavy atom. The third kappa shape index (κ3) is 6.22. The molecule has 1 heterocycles. The van der Waals surface area contributed by atoms with Gasteiger partial charge in [-0.1, -0.05) is 6.07 Å². The van der Waals surface area contributed by atoms with Crippen molar-refractivity contribution in [2.45, 2.75) is 39.3 Å². The zero-order valence-electron chi connectivity index (χ0n) is 16.3. The molecule has 1 aliphatic rings. The van der Waals surface area contributed by atoms with Gasteiger partial charge in [-0.3, -0.25) is 9.59 Å². The minimum atomic E-state index is -0.271. The molecule has 1 unspecified atom stereocenters. The standard InChI is InChI=1S/C19H29N3O4/c1-13(14-6-7-15-16(10-14)26-9-8-25-15)20-17(23)11-22(5)12-18(24)21-19(2,3)4/h6-7,10,13H,8-9,11-12H2,1-5H3,(H,20,23)(H,21,24)/p+1/t13-/m0/s1. The summed E-state index contributed by atoms with van der Waals surface area (Å²) in [7, 11) is 1.83. The first kappa shape index (κ1) is 20.0. The normalized spacial score (nSPS) is 15.7. The molecule has 26 heavy (non-hydrogen) atoms. The fourth-order valence-electron chi connectivity index (χ4n) is 2.78. The summed E-state index contributed by atoms with van der Waals surface area (Å²) in [6, 6.07) is 5.52. The van der Waals surface area contributed by atoms with E-state index in [4.69, 9.17) is 9.47 Å². The summed E-state index contributed by atoms with van der Waals surface area (Å²) < 4.78 is 11.1. The highest BCUT2D eigenvalue weighted by molar-refractivity contribution is 5.79. The van der Waals surface area contributed by atoms with Crippen LogP contribution in [0.4, 0.5) is 0 Å². The minimum Gasteiger partial charge on any atom is -0.486 e. The quantitative estimate of drug-likeness (QED) is 0.667. The monoisotopic (exact) mass is 364 g/mol. The average Bonchev–Trinajstić information content (AvgIpc) is 2.51. The number of ether oxygens (including phenoxy) is 2. The van der Waals surface area contributed by atoms with Crippen LogP contribution in [0.15, 0.2) is 18.2 Å². The van der Waals surface area contributed by atoms with E-state index in [1.807, 2.05) is 52.9 Å². The Bertz CT molecular complexity index is 655. The van der Waals surface area contributed by atoms with Gasteiger partial charge < -0.3 is 25.0 Å². The van der Waals surface area contributed by atoms with E-state index in [2.05, 4.69) is 10.6 Å². The van der Waals surface area contributed by atoms with Crippen LogP contribution < -0.4 is 25.0 Å². The molecular formula is C19H30N3O4+. The lowest BCUT2D eigenvalue weighted by Crippen LogP contribution is -3.11. The number of hydrogen-bond donors (Lipinski definition) is 3. The van der Waals surface area contributed by atoms with Gasteiger partial charge in [0.2, 0.25) is 0 Å². The second-order valence-corrected chi connectivity index (χ2v) is 7.80. The molecule has 0 aromatic heterocycles. The van der Waals surface area contributed by atoms with Crippen molar-refractivity contribution in [2.24, 2.45) is 0 Å². The summed E-state index contributed by atoms with van der Waals surface area (Å²) in [5.74, 6) is 1.26. The zero-order valence-corrected chi connectivity index (χ0v) is 16.3. The maximum Gasteiger partial charge on any atom is 0.275 e. The molecule has 7 nitrogen and oxygen atoms in total. The Morgan fingerprint density at radius 1 is 1.12 bits per heavy atom. The number of carbonyl (C=O) groups excluding carboxylic acids is 2. The van der Waals surface area contributed by atoms with Crippen LogP contribution in [0.3, 0.4) is 0 Å². The molecule has 0 saturated carbocycles. The number of likely N-dealkylation sites (N-methyl/N-ethyl adjacent to an activating group) is 1. The number of quaternary nitrogens is 1. The van der Waals surface area contributed by atoms with Crippen molar-refractivity contribution in [1.29, 1.82) is 0 Å². The molecule has 1 aliphatic heterocycles. The highest BCUT2D eigenvalue weighted by Gasteiger charge is 2.20. The van der Waals surface area contributed by atoms with Crippen LogP contribution in [-0.2, 0) is 9.59 Å². The van der Waals surface area contributed by atoms with Gasteiger partial charge in [0.05, 0.1) is 13.1 Å². The first-order valence-electron chi connectivity index (χ1n) is 8.95. The van der Waals surface area contributed by atoms with Gasteiger partial charge in [0.1, 0.15) is 13.2 Å². The maximum atomic E-state index is 12.3. The topological polar surface area (TPSA) is 81.1 Å². The van der Waals surface area contributed by atoms with E-state index in [1.165, 1.54) is 0 Å². The molecule has 0 bridgehead atoms. The van der Waals surface area contributed by atoms with Crippen molar-refractivity contribution >= 4 is 11.8 Å². The summed E-state index contributed by atoms with van der Waals surface area (Å²) in [6.07, 6.45) is 0. The smallest absolute Gasteiger partial charge is 0.275 e. The van der Waals surface area contributed by atoms with Crippen molar-refractivity contribution in [3.05, 3.63) is 23.8 Å². The van der Waals surface area contributed by atoms with Crippen molar-refractivity contribution in [3.8, 4) is 11.5 Å². The molecule has 2 amide bonds. The highest BCUT2D eigenvalue weighted by atomic mass is 16.6. The number of nitrogens with one attached hydrogen (secondary N) is 3. The van der Waals surface area contributed by atoms with Gasteiger partial charge in [-0.2, -0.15) is 0 Å². The van der Waals surface area contributed by atoms with Gasteiger partial charge in [-0.25, -0.2) is 0 Å². The second-order valence-electron chi connectivity index (χ2n) is 7.80. The molecule has 0 fully saturated rings. The van der Waals surface area contributed by atoms with E-state index in [0.29, 0.717) is 19.0 Å². The van der Waals surface area contributed by atoms with E-state index in [1.54, 1.807) is 0 Å². The lowest BCUT2D eigenvalue weighted by atomic mass is 10.1. The minimum absolute atomic E-state index is 0.0670. The maximum absolute atomic E-state index is 12.3. The summed E-state index contributed by atoms with van der Waals surface area (Å²) in [4.78, 5) is 25.0. The van der Waals surface area contributed by atoms with Gasteiger partial charge in [0.15, 0.2) is 24.6 Å². The molecule has 0 aliphatic carbocycles. The SMILES string of the molecule is C[C@H](NC(=O)C[NH+](C)CC(=O)NC(C)(C)C)c1ccc2c(c1)OCCO2. The van der Waals surface area contributed by atoms with Gasteiger partial charge in [0, 0.05) is 5.54 Å². The second kappa shape index (κ2) is 8.40. The lowest BCUT2D eigenvalue weighted by Gasteiger charge is -2.23. The molecule has 0 spiro atoms. The fourth-order valence-corrected chi connectivity index (χ4v) is 2.78. The number of rotatable bonds is 6. The van der Waals surface area contributed by atoms with E-state index in [0.717, 1.165) is 16.2 Å². The molecule has 2 rings (SSSR count). The van der Waals surface area contributed by atoms with E-state index < -0.39 is 0 Å². The third-order valence-corrected chi connectivity index (χ3v) is 3.88. The molecule has 0 radical (unpaired) electrons. The van der Waals surface area contributed by atoms with Gasteiger partial charge in [-0.05, 0) is 45.4 Å². The van der Waals surface area contributed by atoms with E-state index in [9.17, 15) is 9.59 Å². The predicted octanol–water partition coefficient (Wildman–Crippen LogP) is 0.0644. The van der Waals surface area contributed by atoms with Crippen molar-refractivity contribution in [3.63, 3.8) is 0 Å². The van der Waals surface area contributed by atoms with Crippen LogP contribution in [-0.4, -0.2) is 50.7 Å². The van der Waals surface area contributed by atoms with E-state index in [-0.39, 0.29) is 36.5 Å². The Hall–Kier alpha value is -2.28. The molecule has 1 aromatic rings. The number of fused-ring (bicyclic) bond motifs is 1. The Balaban J connectivity index is 1.84. The first-order chi connectivity index (χ1) is 12.1. The summed E-state index contributed by atoms with van der Waals surface area (Å²) >= 11 is 0. The first-order valence-corrected chi connectivity index (χ1v) is 8.95. The van der Waals surface area contributed by atoms with Crippen molar-refractivity contribution in [2.75, 3.05) is 33.4 Å².